The lowest BCUT2D eigenvalue weighted by atomic mass is 10.2. The Balaban J connectivity index is 1.69. The second-order valence-electron chi connectivity index (χ2n) is 5.02. The predicted molar refractivity (Wildman–Crippen MR) is 101 cm³/mol. The minimum atomic E-state index is -0.517. The van der Waals surface area contributed by atoms with Gasteiger partial charge in [0.2, 0.25) is 5.13 Å². The fourth-order valence-electron chi connectivity index (χ4n) is 2.16. The fourth-order valence-corrected chi connectivity index (χ4v) is 3.10. The number of nitrogens with one attached hydrogen (secondary N) is 1. The standard InChI is InChI=1S/C18H15ClFN3OS/c1-2-24-17-14(19)8-12(9-15(17)20)10-21-23-18-22-16(11-25-18)13-6-4-3-5-7-13/h3-11H,2H2,1H3,(H,22,23). The van der Waals surface area contributed by atoms with Crippen LogP contribution in [0.4, 0.5) is 9.52 Å². The van der Waals surface area contributed by atoms with Crippen molar-refractivity contribution in [1.29, 1.82) is 0 Å². The molecule has 2 aromatic carbocycles. The van der Waals surface area contributed by atoms with Gasteiger partial charge in [-0.2, -0.15) is 5.10 Å². The maximum absolute atomic E-state index is 13.9. The van der Waals surface area contributed by atoms with E-state index >= 15 is 0 Å². The molecule has 0 unspecified atom stereocenters. The van der Waals surface area contributed by atoms with Crippen molar-refractivity contribution < 1.29 is 9.13 Å². The fraction of sp³-hybridized carbons (Fsp3) is 0.111. The molecule has 0 aliphatic rings. The normalized spacial score (nSPS) is 11.0. The number of thiazole rings is 1. The third kappa shape index (κ3) is 4.35. The molecule has 25 heavy (non-hydrogen) atoms. The predicted octanol–water partition coefficient (Wildman–Crippen LogP) is 5.45. The number of halogens is 2. The molecule has 1 aromatic heterocycles. The molecular formula is C18H15ClFN3OS. The number of hydrogen-bond acceptors (Lipinski definition) is 5. The average Bonchev–Trinajstić information content (AvgIpc) is 3.08. The molecule has 0 radical (unpaired) electrons. The van der Waals surface area contributed by atoms with Crippen molar-refractivity contribution in [2.75, 3.05) is 12.0 Å². The summed E-state index contributed by atoms with van der Waals surface area (Å²) in [6.07, 6.45) is 1.48. The lowest BCUT2D eigenvalue weighted by Gasteiger charge is -2.07. The number of nitrogens with zero attached hydrogens (tertiary/aromatic N) is 2. The molecule has 7 heteroatoms. The van der Waals surface area contributed by atoms with Gasteiger partial charge in [-0.25, -0.2) is 9.37 Å². The van der Waals surface area contributed by atoms with Crippen molar-refractivity contribution in [3.05, 3.63) is 64.2 Å². The van der Waals surface area contributed by atoms with Crippen LogP contribution in [0.1, 0.15) is 12.5 Å². The number of ether oxygens (including phenoxy) is 1. The van der Waals surface area contributed by atoms with Gasteiger partial charge in [0.1, 0.15) is 0 Å². The Morgan fingerprint density at radius 1 is 1.32 bits per heavy atom. The number of hydrazone groups is 1. The maximum atomic E-state index is 13.9. The van der Waals surface area contributed by atoms with Crippen LogP contribution in [0.3, 0.4) is 0 Å². The van der Waals surface area contributed by atoms with Gasteiger partial charge in [-0.15, -0.1) is 11.3 Å². The summed E-state index contributed by atoms with van der Waals surface area (Å²) < 4.78 is 19.1. The van der Waals surface area contributed by atoms with E-state index < -0.39 is 5.82 Å². The van der Waals surface area contributed by atoms with Crippen molar-refractivity contribution in [3.63, 3.8) is 0 Å². The van der Waals surface area contributed by atoms with Gasteiger partial charge in [-0.1, -0.05) is 41.9 Å². The minimum absolute atomic E-state index is 0.0571. The molecule has 1 N–H and O–H groups in total. The van der Waals surface area contributed by atoms with Gasteiger partial charge in [0, 0.05) is 10.9 Å². The molecule has 0 bridgehead atoms. The van der Waals surface area contributed by atoms with E-state index in [0.29, 0.717) is 17.3 Å². The van der Waals surface area contributed by atoms with Crippen LogP contribution >= 0.6 is 22.9 Å². The van der Waals surface area contributed by atoms with E-state index in [1.165, 1.54) is 23.6 Å². The van der Waals surface area contributed by atoms with Gasteiger partial charge < -0.3 is 4.74 Å². The van der Waals surface area contributed by atoms with Crippen LogP contribution in [0.2, 0.25) is 5.02 Å². The highest BCUT2D eigenvalue weighted by Gasteiger charge is 2.10. The summed E-state index contributed by atoms with van der Waals surface area (Å²) in [5.41, 5.74) is 5.28. The van der Waals surface area contributed by atoms with Gasteiger partial charge in [0.25, 0.3) is 0 Å². The van der Waals surface area contributed by atoms with Gasteiger partial charge in [0.15, 0.2) is 11.6 Å². The molecule has 3 aromatic rings. The zero-order valence-electron chi connectivity index (χ0n) is 13.4. The quantitative estimate of drug-likeness (QED) is 0.460. The monoisotopic (exact) mass is 375 g/mol. The summed E-state index contributed by atoms with van der Waals surface area (Å²) in [5, 5.41) is 6.89. The molecular weight excluding hydrogens is 361 g/mol. The zero-order valence-corrected chi connectivity index (χ0v) is 14.9. The molecule has 128 valence electrons. The van der Waals surface area contributed by atoms with Crippen molar-refractivity contribution >= 4 is 34.3 Å². The second kappa shape index (κ2) is 8.09. The Hall–Kier alpha value is -2.44. The molecule has 0 saturated heterocycles. The van der Waals surface area contributed by atoms with Crippen LogP contribution < -0.4 is 10.2 Å². The lowest BCUT2D eigenvalue weighted by molar-refractivity contribution is 0.322. The zero-order chi connectivity index (χ0) is 17.6. The first-order valence-electron chi connectivity index (χ1n) is 7.59. The third-order valence-electron chi connectivity index (χ3n) is 3.26. The molecule has 0 amide bonds. The molecule has 0 aliphatic heterocycles. The summed E-state index contributed by atoms with van der Waals surface area (Å²) in [6.45, 7) is 2.12. The average molecular weight is 376 g/mol. The topological polar surface area (TPSA) is 46.5 Å². The van der Waals surface area contributed by atoms with E-state index in [2.05, 4.69) is 15.5 Å². The molecule has 0 atom stereocenters. The van der Waals surface area contributed by atoms with Gasteiger partial charge in [-0.3, -0.25) is 5.43 Å². The highest BCUT2D eigenvalue weighted by Crippen LogP contribution is 2.29. The van der Waals surface area contributed by atoms with Crippen molar-refractivity contribution in [2.24, 2.45) is 5.10 Å². The number of benzene rings is 2. The Labute approximate surface area is 153 Å². The smallest absolute Gasteiger partial charge is 0.203 e. The molecule has 0 spiro atoms. The Morgan fingerprint density at radius 2 is 2.12 bits per heavy atom. The van der Waals surface area contributed by atoms with Crippen LogP contribution in [-0.2, 0) is 0 Å². The number of rotatable bonds is 6. The molecule has 0 saturated carbocycles. The molecule has 4 nitrogen and oxygen atoms in total. The first-order chi connectivity index (χ1) is 12.2. The van der Waals surface area contributed by atoms with Crippen molar-refractivity contribution in [3.8, 4) is 17.0 Å². The minimum Gasteiger partial charge on any atom is -0.489 e. The summed E-state index contributed by atoms with van der Waals surface area (Å²) in [6, 6.07) is 12.8. The van der Waals surface area contributed by atoms with Crippen LogP contribution in [0.25, 0.3) is 11.3 Å². The van der Waals surface area contributed by atoms with E-state index in [9.17, 15) is 4.39 Å². The SMILES string of the molecule is CCOc1c(F)cc(C=NNc2nc(-c3ccccc3)cs2)cc1Cl. The van der Waals surface area contributed by atoms with Crippen LogP contribution in [0, 0.1) is 5.82 Å². The number of anilines is 1. The first kappa shape index (κ1) is 17.4. The van der Waals surface area contributed by atoms with Gasteiger partial charge >= 0.3 is 0 Å². The van der Waals surface area contributed by atoms with Crippen LogP contribution in [-0.4, -0.2) is 17.8 Å². The highest BCUT2D eigenvalue weighted by atomic mass is 35.5. The van der Waals surface area contributed by atoms with Crippen LogP contribution in [0.15, 0.2) is 52.9 Å². The second-order valence-corrected chi connectivity index (χ2v) is 6.29. The third-order valence-corrected chi connectivity index (χ3v) is 4.28. The van der Waals surface area contributed by atoms with Gasteiger partial charge in [0.05, 0.1) is 23.5 Å². The number of hydrogen-bond donors (Lipinski definition) is 1. The van der Waals surface area contributed by atoms with Crippen molar-refractivity contribution in [2.45, 2.75) is 6.92 Å². The van der Waals surface area contributed by atoms with Crippen LogP contribution in [0.5, 0.6) is 5.75 Å². The summed E-state index contributed by atoms with van der Waals surface area (Å²) >= 11 is 7.46. The molecule has 0 aliphatic carbocycles. The van der Waals surface area contributed by atoms with Gasteiger partial charge in [-0.05, 0) is 24.6 Å². The van der Waals surface area contributed by atoms with E-state index in [-0.39, 0.29) is 10.8 Å². The lowest BCUT2D eigenvalue weighted by Crippen LogP contribution is -1.97. The maximum Gasteiger partial charge on any atom is 0.203 e. The molecule has 0 fully saturated rings. The van der Waals surface area contributed by atoms with Crippen molar-refractivity contribution in [1.82, 2.24) is 4.98 Å². The number of aromatic nitrogens is 1. The summed E-state index contributed by atoms with van der Waals surface area (Å²) in [4.78, 5) is 4.46. The molecule has 1 heterocycles. The van der Waals surface area contributed by atoms with E-state index in [1.54, 1.807) is 13.0 Å². The highest BCUT2D eigenvalue weighted by molar-refractivity contribution is 7.14. The van der Waals surface area contributed by atoms with E-state index in [4.69, 9.17) is 16.3 Å². The molecule has 3 rings (SSSR count). The summed E-state index contributed by atoms with van der Waals surface area (Å²) in [5.74, 6) is -0.460. The largest absolute Gasteiger partial charge is 0.489 e. The first-order valence-corrected chi connectivity index (χ1v) is 8.85. The van der Waals surface area contributed by atoms with E-state index in [1.807, 2.05) is 35.7 Å². The Morgan fingerprint density at radius 3 is 2.84 bits per heavy atom. The van der Waals surface area contributed by atoms with E-state index in [0.717, 1.165) is 11.3 Å². The summed E-state index contributed by atoms with van der Waals surface area (Å²) in [7, 11) is 0. The Bertz CT molecular complexity index is 860. The Kier molecular flexibility index (Phi) is 5.63.